The van der Waals surface area contributed by atoms with E-state index in [4.69, 9.17) is 4.74 Å². The summed E-state index contributed by atoms with van der Waals surface area (Å²) in [5.41, 5.74) is 1.62. The zero-order valence-electron chi connectivity index (χ0n) is 12.3. The van der Waals surface area contributed by atoms with E-state index < -0.39 is 12.0 Å². The first-order chi connectivity index (χ1) is 9.04. The van der Waals surface area contributed by atoms with Gasteiger partial charge in [0.1, 0.15) is 6.04 Å². The summed E-state index contributed by atoms with van der Waals surface area (Å²) in [6, 6.07) is 6.52. The molecule has 0 aliphatic rings. The molecule has 1 atom stereocenters. The highest BCUT2D eigenvalue weighted by atomic mass is 16.5. The van der Waals surface area contributed by atoms with Crippen LogP contribution in [0.2, 0.25) is 0 Å². The maximum Gasteiger partial charge on any atom is 0.328 e. The van der Waals surface area contributed by atoms with Crippen LogP contribution in [0.3, 0.4) is 0 Å². The van der Waals surface area contributed by atoms with Gasteiger partial charge in [0, 0.05) is 5.56 Å². The van der Waals surface area contributed by atoms with Crippen molar-refractivity contribution in [2.75, 3.05) is 6.61 Å². The maximum absolute atomic E-state index is 11.8. The molecule has 1 rings (SSSR count). The van der Waals surface area contributed by atoms with Crippen LogP contribution in [0.5, 0.6) is 0 Å². The summed E-state index contributed by atoms with van der Waals surface area (Å²) >= 11 is 0. The van der Waals surface area contributed by atoms with E-state index in [-0.39, 0.29) is 5.91 Å². The highest BCUT2D eigenvalue weighted by Gasteiger charge is 2.17. The van der Waals surface area contributed by atoms with Gasteiger partial charge in [-0.1, -0.05) is 31.5 Å². The first kappa shape index (κ1) is 17.2. The zero-order chi connectivity index (χ0) is 14.8. The lowest BCUT2D eigenvalue weighted by molar-refractivity contribution is -0.144. The van der Waals surface area contributed by atoms with E-state index >= 15 is 0 Å². The second-order valence-corrected chi connectivity index (χ2v) is 3.81. The molecule has 0 aliphatic carbocycles. The Hall–Kier alpha value is -1.84. The minimum atomic E-state index is -0.635. The van der Waals surface area contributed by atoms with Crippen LogP contribution in [0.15, 0.2) is 24.3 Å². The van der Waals surface area contributed by atoms with Crippen molar-refractivity contribution in [1.82, 2.24) is 5.32 Å². The molecule has 4 nitrogen and oxygen atoms in total. The van der Waals surface area contributed by atoms with Crippen LogP contribution in [0.25, 0.3) is 0 Å². The summed E-state index contributed by atoms with van der Waals surface area (Å²) in [4.78, 5) is 23.1. The molecule has 0 radical (unpaired) electrons. The first-order valence-electron chi connectivity index (χ1n) is 6.58. The Kier molecular flexibility index (Phi) is 8.25. The van der Waals surface area contributed by atoms with E-state index in [9.17, 15) is 9.59 Å². The summed E-state index contributed by atoms with van der Waals surface area (Å²) in [7, 11) is 0. The molecule has 19 heavy (non-hydrogen) atoms. The molecular formula is C15H23NO3. The Morgan fingerprint density at radius 2 is 1.74 bits per heavy atom. The quantitative estimate of drug-likeness (QED) is 0.852. The molecule has 0 bridgehead atoms. The van der Waals surface area contributed by atoms with Gasteiger partial charge in [-0.3, -0.25) is 4.79 Å². The third kappa shape index (κ3) is 6.04. The van der Waals surface area contributed by atoms with Crippen molar-refractivity contribution in [2.24, 2.45) is 0 Å². The lowest BCUT2D eigenvalue weighted by atomic mass is 10.1. The van der Waals surface area contributed by atoms with Crippen LogP contribution in [0, 0.1) is 6.92 Å². The molecule has 0 saturated carbocycles. The number of carbonyl (C=O) groups excluding carboxylic acids is 2. The number of benzene rings is 1. The summed E-state index contributed by atoms with van der Waals surface area (Å²) in [6.45, 7) is 9.59. The number of hydrogen-bond acceptors (Lipinski definition) is 3. The Bertz CT molecular complexity index is 398. The molecule has 0 spiro atoms. The number of nitrogens with one attached hydrogen (secondary N) is 1. The summed E-state index contributed by atoms with van der Waals surface area (Å²) in [6.07, 6.45) is 0. The fourth-order valence-electron chi connectivity index (χ4n) is 1.31. The SMILES string of the molecule is CC.CCOC(=O)C(C)NC(=O)c1ccc(C)cc1. The number of rotatable bonds is 4. The van der Waals surface area contributed by atoms with E-state index in [1.165, 1.54) is 0 Å². The van der Waals surface area contributed by atoms with Gasteiger partial charge in [-0.15, -0.1) is 0 Å². The van der Waals surface area contributed by atoms with Gasteiger partial charge in [-0.2, -0.15) is 0 Å². The average Bonchev–Trinajstić information content (AvgIpc) is 2.42. The molecule has 1 amide bonds. The highest BCUT2D eigenvalue weighted by molar-refractivity contribution is 5.96. The topological polar surface area (TPSA) is 55.4 Å². The fourth-order valence-corrected chi connectivity index (χ4v) is 1.31. The molecule has 1 N–H and O–H groups in total. The molecule has 1 unspecified atom stereocenters. The molecular weight excluding hydrogens is 242 g/mol. The van der Waals surface area contributed by atoms with Crippen LogP contribution in [0.1, 0.15) is 43.6 Å². The number of esters is 1. The second-order valence-electron chi connectivity index (χ2n) is 3.81. The van der Waals surface area contributed by atoms with Crippen LogP contribution >= 0.6 is 0 Å². The number of amides is 1. The standard InChI is InChI=1S/C13H17NO3.C2H6/c1-4-17-13(16)10(3)14-12(15)11-7-5-9(2)6-8-11;1-2/h5-8,10H,4H2,1-3H3,(H,14,15);1-2H3. The lowest BCUT2D eigenvalue weighted by Crippen LogP contribution is -2.39. The van der Waals surface area contributed by atoms with Gasteiger partial charge in [0.2, 0.25) is 0 Å². The smallest absolute Gasteiger partial charge is 0.328 e. The van der Waals surface area contributed by atoms with Crippen molar-refractivity contribution >= 4 is 11.9 Å². The van der Waals surface area contributed by atoms with Crippen molar-refractivity contribution in [3.63, 3.8) is 0 Å². The molecule has 0 saturated heterocycles. The molecule has 0 fully saturated rings. The van der Waals surface area contributed by atoms with Crippen LogP contribution in [-0.2, 0) is 9.53 Å². The Balaban J connectivity index is 0.00000154. The van der Waals surface area contributed by atoms with E-state index in [0.717, 1.165) is 5.56 Å². The summed E-state index contributed by atoms with van der Waals surface area (Å²) < 4.78 is 4.81. The van der Waals surface area contributed by atoms with E-state index in [0.29, 0.717) is 12.2 Å². The maximum atomic E-state index is 11.8. The van der Waals surface area contributed by atoms with Crippen molar-refractivity contribution in [3.8, 4) is 0 Å². The van der Waals surface area contributed by atoms with E-state index in [1.807, 2.05) is 32.9 Å². The zero-order valence-corrected chi connectivity index (χ0v) is 12.3. The van der Waals surface area contributed by atoms with Gasteiger partial charge >= 0.3 is 5.97 Å². The number of carbonyl (C=O) groups is 2. The molecule has 106 valence electrons. The van der Waals surface area contributed by atoms with Crippen LogP contribution < -0.4 is 5.32 Å². The third-order valence-electron chi connectivity index (χ3n) is 2.30. The van der Waals surface area contributed by atoms with Crippen molar-refractivity contribution in [3.05, 3.63) is 35.4 Å². The lowest BCUT2D eigenvalue weighted by Gasteiger charge is -2.12. The number of ether oxygens (including phenoxy) is 1. The van der Waals surface area contributed by atoms with Crippen LogP contribution in [-0.4, -0.2) is 24.5 Å². The van der Waals surface area contributed by atoms with Gasteiger partial charge in [-0.05, 0) is 32.9 Å². The highest BCUT2D eigenvalue weighted by Crippen LogP contribution is 2.03. The number of aryl methyl sites for hydroxylation is 1. The van der Waals surface area contributed by atoms with Crippen molar-refractivity contribution < 1.29 is 14.3 Å². The molecule has 0 heterocycles. The predicted molar refractivity (Wildman–Crippen MR) is 76.1 cm³/mol. The first-order valence-corrected chi connectivity index (χ1v) is 6.58. The largest absolute Gasteiger partial charge is 0.464 e. The monoisotopic (exact) mass is 265 g/mol. The number of hydrogen-bond donors (Lipinski definition) is 1. The Morgan fingerprint density at radius 3 is 2.21 bits per heavy atom. The average molecular weight is 265 g/mol. The van der Waals surface area contributed by atoms with Crippen molar-refractivity contribution in [1.29, 1.82) is 0 Å². The van der Waals surface area contributed by atoms with Crippen LogP contribution in [0.4, 0.5) is 0 Å². The molecule has 1 aromatic carbocycles. The van der Waals surface area contributed by atoms with Gasteiger partial charge in [-0.25, -0.2) is 4.79 Å². The Labute approximate surface area is 115 Å². The van der Waals surface area contributed by atoms with Gasteiger partial charge in [0.15, 0.2) is 0 Å². The molecule has 0 aliphatic heterocycles. The molecule has 0 aromatic heterocycles. The normalized spacial score (nSPS) is 10.8. The molecule has 4 heteroatoms. The Morgan fingerprint density at radius 1 is 1.21 bits per heavy atom. The predicted octanol–water partition coefficient (Wildman–Crippen LogP) is 2.70. The van der Waals surface area contributed by atoms with E-state index in [1.54, 1.807) is 26.0 Å². The van der Waals surface area contributed by atoms with Gasteiger partial charge in [0.25, 0.3) is 5.91 Å². The third-order valence-corrected chi connectivity index (χ3v) is 2.30. The summed E-state index contributed by atoms with van der Waals surface area (Å²) in [5.74, 6) is -0.696. The second kappa shape index (κ2) is 9.14. The minimum Gasteiger partial charge on any atom is -0.464 e. The van der Waals surface area contributed by atoms with Gasteiger partial charge < -0.3 is 10.1 Å². The van der Waals surface area contributed by atoms with Crippen molar-refractivity contribution in [2.45, 2.75) is 40.7 Å². The van der Waals surface area contributed by atoms with Gasteiger partial charge in [0.05, 0.1) is 6.61 Å². The minimum absolute atomic E-state index is 0.273. The summed E-state index contributed by atoms with van der Waals surface area (Å²) in [5, 5.41) is 2.59. The van der Waals surface area contributed by atoms with E-state index in [2.05, 4.69) is 5.32 Å². The molecule has 1 aromatic rings. The fraction of sp³-hybridized carbons (Fsp3) is 0.467.